The summed E-state index contributed by atoms with van der Waals surface area (Å²) in [5.41, 5.74) is 0.684. The maximum atomic E-state index is 10.1. The van der Waals surface area contributed by atoms with Crippen LogP contribution in [0.25, 0.3) is 0 Å². The lowest BCUT2D eigenvalue weighted by Gasteiger charge is -2.40. The van der Waals surface area contributed by atoms with Gasteiger partial charge in [-0.15, -0.1) is 0 Å². The van der Waals surface area contributed by atoms with E-state index in [1.54, 1.807) is 12.1 Å². The van der Waals surface area contributed by atoms with Gasteiger partial charge in [0.25, 0.3) is 0 Å². The fourth-order valence-electron chi connectivity index (χ4n) is 2.65. The van der Waals surface area contributed by atoms with E-state index < -0.39 is 43.4 Å². The summed E-state index contributed by atoms with van der Waals surface area (Å²) in [6.45, 7) is 1.34. The van der Waals surface area contributed by atoms with Crippen molar-refractivity contribution in [1.29, 1.82) is 0 Å². The van der Waals surface area contributed by atoms with Crippen LogP contribution < -0.4 is 4.74 Å². The van der Waals surface area contributed by atoms with Crippen molar-refractivity contribution in [1.82, 2.24) is 0 Å². The van der Waals surface area contributed by atoms with Gasteiger partial charge < -0.3 is 39.7 Å². The molecule has 0 aliphatic carbocycles. The number of hydrogen-bond donors (Lipinski definition) is 5. The topological polar surface area (TPSA) is 129 Å². The number of methoxy groups -OCH3 is 1. The standard InChI is InChI=1S/C16H24O8/c1-3-10(8-4-5-9(18)11(6-8)22-2)23-16-15(21)14(20)13(19)12(7-17)24-16/h4-6,10,12-21H,3,7H2,1-2H3/t10?,12-,13-,14+,15-,16+/m1/s1. The molecule has 8 nitrogen and oxygen atoms in total. The third-order valence-electron chi connectivity index (χ3n) is 4.09. The van der Waals surface area contributed by atoms with Crippen molar-refractivity contribution in [3.05, 3.63) is 23.8 Å². The van der Waals surface area contributed by atoms with Gasteiger partial charge in [-0.25, -0.2) is 0 Å². The number of aromatic hydroxyl groups is 1. The largest absolute Gasteiger partial charge is 0.504 e. The van der Waals surface area contributed by atoms with Gasteiger partial charge in [-0.1, -0.05) is 13.0 Å². The van der Waals surface area contributed by atoms with E-state index in [2.05, 4.69) is 0 Å². The van der Waals surface area contributed by atoms with Gasteiger partial charge in [0.1, 0.15) is 24.4 Å². The van der Waals surface area contributed by atoms with Crippen molar-refractivity contribution in [2.24, 2.45) is 0 Å². The summed E-state index contributed by atoms with van der Waals surface area (Å²) in [6, 6.07) is 4.72. The highest BCUT2D eigenvalue weighted by Crippen LogP contribution is 2.33. The van der Waals surface area contributed by atoms with Gasteiger partial charge in [-0.05, 0) is 24.1 Å². The number of aliphatic hydroxyl groups is 4. The molecule has 0 saturated carbocycles. The molecule has 0 aromatic heterocycles. The lowest BCUT2D eigenvalue weighted by Crippen LogP contribution is -2.59. The van der Waals surface area contributed by atoms with Crippen LogP contribution >= 0.6 is 0 Å². The van der Waals surface area contributed by atoms with Crippen LogP contribution in [0, 0.1) is 0 Å². The molecule has 1 aliphatic rings. The van der Waals surface area contributed by atoms with Crippen LogP contribution in [-0.4, -0.2) is 70.0 Å². The zero-order valence-electron chi connectivity index (χ0n) is 13.6. The van der Waals surface area contributed by atoms with Crippen molar-refractivity contribution in [2.45, 2.75) is 50.2 Å². The molecule has 8 heteroatoms. The van der Waals surface area contributed by atoms with E-state index in [9.17, 15) is 25.5 Å². The second kappa shape index (κ2) is 8.11. The normalized spacial score (nSPS) is 31.7. The Morgan fingerprint density at radius 3 is 2.46 bits per heavy atom. The number of benzene rings is 1. The second-order valence-corrected chi connectivity index (χ2v) is 5.66. The minimum Gasteiger partial charge on any atom is -0.504 e. The summed E-state index contributed by atoms with van der Waals surface area (Å²) in [4.78, 5) is 0. The van der Waals surface area contributed by atoms with E-state index in [4.69, 9.17) is 14.2 Å². The van der Waals surface area contributed by atoms with E-state index >= 15 is 0 Å². The fraction of sp³-hybridized carbons (Fsp3) is 0.625. The monoisotopic (exact) mass is 344 g/mol. The van der Waals surface area contributed by atoms with Crippen LogP contribution in [0.3, 0.4) is 0 Å². The Bertz CT molecular complexity index is 535. The average molecular weight is 344 g/mol. The van der Waals surface area contributed by atoms with Gasteiger partial charge in [0, 0.05) is 0 Å². The fourth-order valence-corrected chi connectivity index (χ4v) is 2.65. The predicted octanol–water partition coefficient (Wildman–Crippen LogP) is -0.332. The van der Waals surface area contributed by atoms with Crippen molar-refractivity contribution >= 4 is 0 Å². The van der Waals surface area contributed by atoms with Gasteiger partial charge in [-0.2, -0.15) is 0 Å². The summed E-state index contributed by atoms with van der Waals surface area (Å²) >= 11 is 0. The summed E-state index contributed by atoms with van der Waals surface area (Å²) in [5.74, 6) is 0.271. The first-order chi connectivity index (χ1) is 11.4. The minimum absolute atomic E-state index is 0.0102. The maximum absolute atomic E-state index is 10.1. The van der Waals surface area contributed by atoms with Gasteiger partial charge in [0.05, 0.1) is 19.8 Å². The first-order valence-electron chi connectivity index (χ1n) is 7.75. The van der Waals surface area contributed by atoms with Crippen LogP contribution in [0.1, 0.15) is 25.0 Å². The average Bonchev–Trinajstić information content (AvgIpc) is 2.60. The summed E-state index contributed by atoms with van der Waals surface area (Å²) in [7, 11) is 1.43. The van der Waals surface area contributed by atoms with Crippen molar-refractivity contribution in [3.63, 3.8) is 0 Å². The van der Waals surface area contributed by atoms with Crippen LogP contribution in [0.5, 0.6) is 11.5 Å². The Kier molecular flexibility index (Phi) is 6.39. The Morgan fingerprint density at radius 1 is 1.17 bits per heavy atom. The highest BCUT2D eigenvalue weighted by atomic mass is 16.7. The maximum Gasteiger partial charge on any atom is 0.187 e. The van der Waals surface area contributed by atoms with Crippen LogP contribution in [0.15, 0.2) is 18.2 Å². The molecule has 1 saturated heterocycles. The van der Waals surface area contributed by atoms with E-state index in [0.717, 1.165) is 0 Å². The Balaban J connectivity index is 2.17. The number of ether oxygens (including phenoxy) is 3. The SMILES string of the molecule is CCC(O[C@H]1O[C@H](CO)[C@@H](O)[C@H](O)[C@H]1O)c1ccc(O)c(OC)c1. The van der Waals surface area contributed by atoms with Crippen molar-refractivity contribution in [2.75, 3.05) is 13.7 Å². The molecular formula is C16H24O8. The molecule has 1 fully saturated rings. The number of aliphatic hydroxyl groups excluding tert-OH is 4. The molecule has 1 aromatic rings. The Morgan fingerprint density at radius 2 is 1.88 bits per heavy atom. The zero-order chi connectivity index (χ0) is 17.9. The van der Waals surface area contributed by atoms with E-state index in [1.807, 2.05) is 6.92 Å². The number of phenols is 1. The second-order valence-electron chi connectivity index (χ2n) is 5.66. The molecule has 1 heterocycles. The number of phenolic OH excluding ortho intramolecular Hbond substituents is 1. The minimum atomic E-state index is -1.49. The smallest absolute Gasteiger partial charge is 0.187 e. The molecule has 0 amide bonds. The van der Waals surface area contributed by atoms with Gasteiger partial charge in [0.2, 0.25) is 0 Å². The van der Waals surface area contributed by atoms with Crippen molar-refractivity contribution < 1.29 is 39.7 Å². The molecule has 24 heavy (non-hydrogen) atoms. The van der Waals surface area contributed by atoms with Crippen LogP contribution in [0.2, 0.25) is 0 Å². The zero-order valence-corrected chi connectivity index (χ0v) is 13.6. The lowest BCUT2D eigenvalue weighted by molar-refractivity contribution is -0.312. The first kappa shape index (κ1) is 18.9. The Labute approximate surface area is 139 Å². The quantitative estimate of drug-likeness (QED) is 0.474. The first-order valence-corrected chi connectivity index (χ1v) is 7.75. The van der Waals surface area contributed by atoms with Gasteiger partial charge >= 0.3 is 0 Å². The van der Waals surface area contributed by atoms with E-state index in [-0.39, 0.29) is 11.5 Å². The number of rotatable bonds is 6. The molecule has 1 unspecified atom stereocenters. The van der Waals surface area contributed by atoms with Gasteiger partial charge in [0.15, 0.2) is 17.8 Å². The highest BCUT2D eigenvalue weighted by molar-refractivity contribution is 5.42. The third kappa shape index (κ3) is 3.80. The molecule has 0 spiro atoms. The van der Waals surface area contributed by atoms with E-state index in [0.29, 0.717) is 12.0 Å². The summed E-state index contributed by atoms with van der Waals surface area (Å²) < 4.78 is 16.2. The van der Waals surface area contributed by atoms with Crippen LogP contribution in [-0.2, 0) is 9.47 Å². The van der Waals surface area contributed by atoms with E-state index in [1.165, 1.54) is 13.2 Å². The third-order valence-corrected chi connectivity index (χ3v) is 4.09. The molecular weight excluding hydrogens is 320 g/mol. The predicted molar refractivity (Wildman–Crippen MR) is 82.5 cm³/mol. The summed E-state index contributed by atoms with van der Waals surface area (Å²) in [5, 5.41) is 48.5. The lowest BCUT2D eigenvalue weighted by atomic mass is 9.99. The van der Waals surface area contributed by atoms with Crippen molar-refractivity contribution in [3.8, 4) is 11.5 Å². The molecule has 2 rings (SSSR count). The highest BCUT2D eigenvalue weighted by Gasteiger charge is 2.44. The molecule has 5 N–H and O–H groups in total. The molecule has 1 aliphatic heterocycles. The Hall–Kier alpha value is -1.42. The number of hydrogen-bond acceptors (Lipinski definition) is 8. The summed E-state index contributed by atoms with van der Waals surface area (Å²) in [6.07, 6.45) is -6.63. The molecule has 136 valence electrons. The molecule has 1 aromatic carbocycles. The molecule has 0 bridgehead atoms. The molecule has 0 radical (unpaired) electrons. The van der Waals surface area contributed by atoms with Crippen LogP contribution in [0.4, 0.5) is 0 Å². The molecule has 6 atom stereocenters. The van der Waals surface area contributed by atoms with Gasteiger partial charge in [-0.3, -0.25) is 0 Å².